The summed E-state index contributed by atoms with van der Waals surface area (Å²) in [7, 11) is 0. The van der Waals surface area contributed by atoms with Gasteiger partial charge in [0.25, 0.3) is 0 Å². The second-order valence-corrected chi connectivity index (χ2v) is 7.45. The van der Waals surface area contributed by atoms with Gasteiger partial charge in [-0.25, -0.2) is 9.78 Å². The smallest absolute Gasteiger partial charge is 0.413 e. The lowest BCUT2D eigenvalue weighted by molar-refractivity contribution is 0.0635. The van der Waals surface area contributed by atoms with Crippen molar-refractivity contribution < 1.29 is 9.53 Å². The summed E-state index contributed by atoms with van der Waals surface area (Å²) in [4.78, 5) is 18.7. The van der Waals surface area contributed by atoms with Gasteiger partial charge in [-0.3, -0.25) is 10.2 Å². The number of nitrogens with zero attached hydrogens (tertiary/aromatic N) is 2. The van der Waals surface area contributed by atoms with E-state index in [1.54, 1.807) is 0 Å². The monoisotopic (exact) mass is 319 g/mol. The summed E-state index contributed by atoms with van der Waals surface area (Å²) in [5, 5.41) is 2.68. The Bertz CT molecular complexity index is 520. The van der Waals surface area contributed by atoms with E-state index in [0.29, 0.717) is 17.9 Å². The van der Waals surface area contributed by atoms with Gasteiger partial charge < -0.3 is 4.74 Å². The van der Waals surface area contributed by atoms with Crippen LogP contribution in [0.4, 0.5) is 10.6 Å². The first-order valence-electron chi connectivity index (χ1n) is 8.48. The molecule has 5 nitrogen and oxygen atoms in total. The van der Waals surface area contributed by atoms with Crippen LogP contribution >= 0.6 is 0 Å². The van der Waals surface area contributed by atoms with Crippen LogP contribution in [0.5, 0.6) is 0 Å². The maximum absolute atomic E-state index is 11.8. The maximum atomic E-state index is 11.8. The summed E-state index contributed by atoms with van der Waals surface area (Å²) < 4.78 is 5.24. The molecule has 23 heavy (non-hydrogen) atoms. The summed E-state index contributed by atoms with van der Waals surface area (Å²) in [6.07, 6.45) is 5.09. The van der Waals surface area contributed by atoms with Crippen LogP contribution in [0, 0.1) is 0 Å². The quantitative estimate of drug-likeness (QED) is 0.899. The van der Waals surface area contributed by atoms with E-state index in [1.807, 2.05) is 33.0 Å². The highest BCUT2D eigenvalue weighted by molar-refractivity contribution is 5.83. The Morgan fingerprint density at radius 2 is 2.09 bits per heavy atom. The van der Waals surface area contributed by atoms with E-state index in [1.165, 1.54) is 24.8 Å². The molecule has 0 saturated carbocycles. The lowest BCUT2D eigenvalue weighted by Gasteiger charge is -2.38. The van der Waals surface area contributed by atoms with E-state index in [4.69, 9.17) is 4.74 Å². The van der Waals surface area contributed by atoms with Gasteiger partial charge in [-0.2, -0.15) is 0 Å². The van der Waals surface area contributed by atoms with Gasteiger partial charge in [0.05, 0.1) is 0 Å². The molecule has 1 aromatic heterocycles. The molecule has 1 amide bonds. The van der Waals surface area contributed by atoms with Gasteiger partial charge in [0, 0.05) is 18.3 Å². The van der Waals surface area contributed by atoms with Crippen molar-refractivity contribution in [1.29, 1.82) is 0 Å². The van der Waals surface area contributed by atoms with Crippen LogP contribution < -0.4 is 5.32 Å². The number of carbonyl (C=O) groups is 1. The summed E-state index contributed by atoms with van der Waals surface area (Å²) in [6.45, 7) is 11.1. The Kier molecular flexibility index (Phi) is 5.63. The largest absolute Gasteiger partial charge is 0.444 e. The zero-order valence-electron chi connectivity index (χ0n) is 14.9. The number of hydrogen-bond acceptors (Lipinski definition) is 4. The Morgan fingerprint density at radius 1 is 1.35 bits per heavy atom. The fourth-order valence-electron chi connectivity index (χ4n) is 3.01. The second kappa shape index (κ2) is 7.30. The minimum Gasteiger partial charge on any atom is -0.444 e. The highest BCUT2D eigenvalue weighted by Crippen LogP contribution is 2.32. The van der Waals surface area contributed by atoms with Crippen LogP contribution in [-0.4, -0.2) is 34.2 Å². The second-order valence-electron chi connectivity index (χ2n) is 7.45. The van der Waals surface area contributed by atoms with Crippen LogP contribution in [0.15, 0.2) is 18.3 Å². The van der Waals surface area contributed by atoms with Crippen molar-refractivity contribution in [2.24, 2.45) is 0 Å². The molecular weight excluding hydrogens is 290 g/mol. The van der Waals surface area contributed by atoms with Crippen LogP contribution in [0.25, 0.3) is 0 Å². The number of hydrogen-bond donors (Lipinski definition) is 1. The Balaban J connectivity index is 2.02. The Labute approximate surface area is 139 Å². The van der Waals surface area contributed by atoms with Crippen LogP contribution in [0.2, 0.25) is 0 Å². The molecule has 128 valence electrons. The van der Waals surface area contributed by atoms with E-state index in [-0.39, 0.29) is 0 Å². The van der Waals surface area contributed by atoms with Crippen molar-refractivity contribution in [3.63, 3.8) is 0 Å². The predicted molar refractivity (Wildman–Crippen MR) is 92.5 cm³/mol. The standard InChI is InChI=1S/C18H29N3O2/c1-13(2)21-11-7-6-8-15(21)14-9-10-16(19-12-14)20-17(22)23-18(3,4)5/h9-10,12-13,15H,6-8,11H2,1-5H3,(H,19,20,22)/t15-/m0/s1. The van der Waals surface area contributed by atoms with E-state index in [2.05, 4.69) is 35.1 Å². The lowest BCUT2D eigenvalue weighted by Crippen LogP contribution is -2.38. The SMILES string of the molecule is CC(C)N1CCCC[C@H]1c1ccc(NC(=O)OC(C)(C)C)nc1. The van der Waals surface area contributed by atoms with E-state index in [0.717, 1.165) is 6.54 Å². The number of piperidine rings is 1. The van der Waals surface area contributed by atoms with Gasteiger partial charge in [0.2, 0.25) is 0 Å². The highest BCUT2D eigenvalue weighted by atomic mass is 16.6. The van der Waals surface area contributed by atoms with E-state index in [9.17, 15) is 4.79 Å². The number of nitrogens with one attached hydrogen (secondary N) is 1. The molecule has 0 aromatic carbocycles. The first-order chi connectivity index (χ1) is 10.8. The van der Waals surface area contributed by atoms with Gasteiger partial charge in [-0.1, -0.05) is 12.5 Å². The number of aromatic nitrogens is 1. The van der Waals surface area contributed by atoms with Gasteiger partial charge >= 0.3 is 6.09 Å². The third-order valence-electron chi connectivity index (χ3n) is 4.01. The van der Waals surface area contributed by atoms with Crippen molar-refractivity contribution in [3.8, 4) is 0 Å². The van der Waals surface area contributed by atoms with Crippen LogP contribution in [0.1, 0.15) is 65.5 Å². The highest BCUT2D eigenvalue weighted by Gasteiger charge is 2.26. The van der Waals surface area contributed by atoms with Gasteiger partial charge in [-0.05, 0) is 65.6 Å². The zero-order chi connectivity index (χ0) is 17.0. The lowest BCUT2D eigenvalue weighted by atomic mass is 9.95. The van der Waals surface area contributed by atoms with Crippen LogP contribution in [0.3, 0.4) is 0 Å². The number of amides is 1. The molecule has 0 radical (unpaired) electrons. The average Bonchev–Trinajstić information content (AvgIpc) is 2.46. The van der Waals surface area contributed by atoms with Crippen molar-refractivity contribution in [2.75, 3.05) is 11.9 Å². The zero-order valence-corrected chi connectivity index (χ0v) is 14.9. The average molecular weight is 319 g/mol. The first-order valence-corrected chi connectivity index (χ1v) is 8.48. The molecule has 5 heteroatoms. The minimum absolute atomic E-state index is 0.423. The Hall–Kier alpha value is -1.62. The number of rotatable bonds is 3. The van der Waals surface area contributed by atoms with Crippen molar-refractivity contribution in [2.45, 2.75) is 71.6 Å². The number of pyridine rings is 1. The molecular formula is C18H29N3O2. The maximum Gasteiger partial charge on any atom is 0.413 e. The van der Waals surface area contributed by atoms with Gasteiger partial charge in [0.1, 0.15) is 11.4 Å². The third kappa shape index (κ3) is 5.20. The molecule has 1 aromatic rings. The van der Waals surface area contributed by atoms with Gasteiger partial charge in [-0.15, -0.1) is 0 Å². The molecule has 1 aliphatic heterocycles. The fraction of sp³-hybridized carbons (Fsp3) is 0.667. The van der Waals surface area contributed by atoms with Crippen molar-refractivity contribution in [1.82, 2.24) is 9.88 Å². The molecule has 1 saturated heterocycles. The molecule has 0 unspecified atom stereocenters. The topological polar surface area (TPSA) is 54.5 Å². The minimum atomic E-state index is -0.510. The third-order valence-corrected chi connectivity index (χ3v) is 4.01. The molecule has 2 heterocycles. The molecule has 1 aliphatic rings. The number of likely N-dealkylation sites (tertiary alicyclic amines) is 1. The summed E-state index contributed by atoms with van der Waals surface area (Å²) in [6, 6.07) is 4.86. The molecule has 1 N–H and O–H groups in total. The molecule has 1 atom stereocenters. The number of ether oxygens (including phenoxy) is 1. The molecule has 1 fully saturated rings. The summed E-state index contributed by atoms with van der Waals surface area (Å²) >= 11 is 0. The first kappa shape index (κ1) is 17.7. The molecule has 0 aliphatic carbocycles. The van der Waals surface area contributed by atoms with E-state index < -0.39 is 11.7 Å². The number of carbonyl (C=O) groups excluding carboxylic acids is 1. The Morgan fingerprint density at radius 3 is 2.65 bits per heavy atom. The van der Waals surface area contributed by atoms with Crippen molar-refractivity contribution in [3.05, 3.63) is 23.9 Å². The predicted octanol–water partition coefficient (Wildman–Crippen LogP) is 4.36. The van der Waals surface area contributed by atoms with Gasteiger partial charge in [0.15, 0.2) is 0 Å². The number of anilines is 1. The molecule has 2 rings (SSSR count). The molecule has 0 bridgehead atoms. The summed E-state index contributed by atoms with van der Waals surface area (Å²) in [5.74, 6) is 0.523. The van der Waals surface area contributed by atoms with E-state index >= 15 is 0 Å². The summed E-state index contributed by atoms with van der Waals surface area (Å²) in [5.41, 5.74) is 0.706. The van der Waals surface area contributed by atoms with Crippen molar-refractivity contribution >= 4 is 11.9 Å². The molecule has 0 spiro atoms. The van der Waals surface area contributed by atoms with Crippen LogP contribution in [-0.2, 0) is 4.74 Å². The normalized spacial score (nSPS) is 19.7. The fourth-order valence-corrected chi connectivity index (χ4v) is 3.01.